The first-order valence-electron chi connectivity index (χ1n) is 7.05. The van der Waals surface area contributed by atoms with Gasteiger partial charge < -0.3 is 15.4 Å². The number of ether oxygens (including phenoxy) is 1. The van der Waals surface area contributed by atoms with Crippen LogP contribution in [0, 0.1) is 11.8 Å². The van der Waals surface area contributed by atoms with Gasteiger partial charge in [-0.25, -0.2) is 9.78 Å². The van der Waals surface area contributed by atoms with Crippen LogP contribution in [0.3, 0.4) is 0 Å². The highest BCUT2D eigenvalue weighted by Crippen LogP contribution is 2.33. The van der Waals surface area contributed by atoms with Gasteiger partial charge in [-0.3, -0.25) is 0 Å². The average molecular weight is 277 g/mol. The molecule has 1 aliphatic heterocycles. The molecule has 1 saturated heterocycles. The number of nitrogen functional groups attached to an aromatic ring is 1. The SMILES string of the molecule is COC(=O)c1ccc(N)c(N2CC(C)CC(C)C2C)n1. The standard InChI is InChI=1S/C15H23N3O2/c1-9-7-10(2)11(3)18(8-9)14-12(16)5-6-13(17-14)15(19)20-4/h5-6,9-11H,7-8,16H2,1-4H3. The van der Waals surface area contributed by atoms with Crippen LogP contribution in [-0.2, 0) is 4.74 Å². The molecule has 0 amide bonds. The lowest BCUT2D eigenvalue weighted by Crippen LogP contribution is -2.46. The van der Waals surface area contributed by atoms with Gasteiger partial charge in [0.05, 0.1) is 12.8 Å². The lowest BCUT2D eigenvalue weighted by atomic mass is 9.86. The Balaban J connectivity index is 2.37. The first-order valence-corrected chi connectivity index (χ1v) is 7.05. The Morgan fingerprint density at radius 1 is 1.40 bits per heavy atom. The molecular weight excluding hydrogens is 254 g/mol. The maximum absolute atomic E-state index is 11.6. The summed E-state index contributed by atoms with van der Waals surface area (Å²) in [5.41, 5.74) is 6.96. The van der Waals surface area contributed by atoms with Gasteiger partial charge in [0.1, 0.15) is 0 Å². The van der Waals surface area contributed by atoms with Crippen LogP contribution in [0.25, 0.3) is 0 Å². The van der Waals surface area contributed by atoms with E-state index < -0.39 is 5.97 Å². The number of pyridine rings is 1. The molecule has 3 unspecified atom stereocenters. The number of esters is 1. The van der Waals surface area contributed by atoms with Crippen molar-refractivity contribution in [3.05, 3.63) is 17.8 Å². The molecule has 2 heterocycles. The molecule has 1 aromatic rings. The molecule has 1 aliphatic rings. The quantitative estimate of drug-likeness (QED) is 0.840. The van der Waals surface area contributed by atoms with E-state index in [1.807, 2.05) is 0 Å². The largest absolute Gasteiger partial charge is 0.464 e. The minimum atomic E-state index is -0.433. The highest BCUT2D eigenvalue weighted by Gasteiger charge is 2.31. The zero-order valence-electron chi connectivity index (χ0n) is 12.6. The van der Waals surface area contributed by atoms with Crippen molar-refractivity contribution in [2.24, 2.45) is 11.8 Å². The van der Waals surface area contributed by atoms with Gasteiger partial charge in [0.25, 0.3) is 0 Å². The Morgan fingerprint density at radius 2 is 2.10 bits per heavy atom. The van der Waals surface area contributed by atoms with Crippen LogP contribution in [0.15, 0.2) is 12.1 Å². The maximum Gasteiger partial charge on any atom is 0.356 e. The fourth-order valence-electron chi connectivity index (χ4n) is 2.90. The van der Waals surface area contributed by atoms with Crippen molar-refractivity contribution >= 4 is 17.5 Å². The number of carbonyl (C=O) groups is 1. The Morgan fingerprint density at radius 3 is 2.75 bits per heavy atom. The summed E-state index contributed by atoms with van der Waals surface area (Å²) in [6.07, 6.45) is 1.20. The lowest BCUT2D eigenvalue weighted by Gasteiger charge is -2.42. The summed E-state index contributed by atoms with van der Waals surface area (Å²) < 4.78 is 4.73. The molecule has 0 bridgehead atoms. The van der Waals surface area contributed by atoms with E-state index in [-0.39, 0.29) is 0 Å². The van der Waals surface area contributed by atoms with Gasteiger partial charge >= 0.3 is 5.97 Å². The van der Waals surface area contributed by atoms with Crippen LogP contribution < -0.4 is 10.6 Å². The zero-order chi connectivity index (χ0) is 14.9. The van der Waals surface area contributed by atoms with Crippen molar-refractivity contribution in [1.82, 2.24) is 4.98 Å². The van der Waals surface area contributed by atoms with Gasteiger partial charge in [0, 0.05) is 12.6 Å². The number of nitrogens with two attached hydrogens (primary N) is 1. The highest BCUT2D eigenvalue weighted by atomic mass is 16.5. The molecule has 0 aromatic carbocycles. The molecule has 5 heteroatoms. The van der Waals surface area contributed by atoms with Crippen LogP contribution in [0.5, 0.6) is 0 Å². The van der Waals surface area contributed by atoms with E-state index in [0.717, 1.165) is 6.54 Å². The molecule has 1 fully saturated rings. The van der Waals surface area contributed by atoms with E-state index in [9.17, 15) is 4.79 Å². The van der Waals surface area contributed by atoms with Crippen LogP contribution in [0.1, 0.15) is 37.7 Å². The number of methoxy groups -OCH3 is 1. The molecule has 0 aliphatic carbocycles. The number of rotatable bonds is 2. The van der Waals surface area contributed by atoms with Gasteiger partial charge in [-0.05, 0) is 37.3 Å². The lowest BCUT2D eigenvalue weighted by molar-refractivity contribution is 0.0594. The smallest absolute Gasteiger partial charge is 0.356 e. The molecule has 0 spiro atoms. The zero-order valence-corrected chi connectivity index (χ0v) is 12.6. The van der Waals surface area contributed by atoms with E-state index in [2.05, 4.69) is 30.7 Å². The summed E-state index contributed by atoms with van der Waals surface area (Å²) in [6, 6.07) is 3.69. The molecule has 5 nitrogen and oxygen atoms in total. The Labute approximate surface area is 120 Å². The fourth-order valence-corrected chi connectivity index (χ4v) is 2.90. The van der Waals surface area contributed by atoms with Crippen molar-refractivity contribution in [1.29, 1.82) is 0 Å². The number of carbonyl (C=O) groups excluding carboxylic acids is 1. The van der Waals surface area contributed by atoms with Gasteiger partial charge in [-0.2, -0.15) is 0 Å². The first kappa shape index (κ1) is 14.6. The number of nitrogens with zero attached hydrogens (tertiary/aromatic N) is 2. The molecular formula is C15H23N3O2. The van der Waals surface area contributed by atoms with Gasteiger partial charge in [0.2, 0.25) is 0 Å². The number of hydrogen-bond donors (Lipinski definition) is 1. The molecule has 20 heavy (non-hydrogen) atoms. The molecule has 0 radical (unpaired) electrons. The summed E-state index contributed by atoms with van der Waals surface area (Å²) >= 11 is 0. The minimum Gasteiger partial charge on any atom is -0.464 e. The monoisotopic (exact) mass is 277 g/mol. The van der Waals surface area contributed by atoms with Crippen molar-refractivity contribution in [3.8, 4) is 0 Å². The normalized spacial score (nSPS) is 26.4. The second kappa shape index (κ2) is 5.69. The number of piperidine rings is 1. The summed E-state index contributed by atoms with van der Waals surface area (Å²) in [5, 5.41) is 0. The first-order chi connectivity index (χ1) is 9.43. The number of hydrogen-bond acceptors (Lipinski definition) is 5. The number of aromatic nitrogens is 1. The molecule has 2 N–H and O–H groups in total. The van der Waals surface area contributed by atoms with E-state index >= 15 is 0 Å². The second-order valence-electron chi connectivity index (χ2n) is 5.81. The fraction of sp³-hybridized carbons (Fsp3) is 0.600. The van der Waals surface area contributed by atoms with Crippen molar-refractivity contribution < 1.29 is 9.53 Å². The Kier molecular flexibility index (Phi) is 4.16. The van der Waals surface area contributed by atoms with Gasteiger partial charge in [-0.15, -0.1) is 0 Å². The average Bonchev–Trinajstić information content (AvgIpc) is 2.42. The van der Waals surface area contributed by atoms with Crippen LogP contribution >= 0.6 is 0 Å². The third-order valence-electron chi connectivity index (χ3n) is 4.17. The minimum absolute atomic E-state index is 0.301. The number of anilines is 2. The van der Waals surface area contributed by atoms with Crippen LogP contribution in [0.4, 0.5) is 11.5 Å². The van der Waals surface area contributed by atoms with E-state index in [4.69, 9.17) is 10.5 Å². The predicted molar refractivity (Wildman–Crippen MR) is 79.7 cm³/mol. The van der Waals surface area contributed by atoms with Crippen molar-refractivity contribution in [3.63, 3.8) is 0 Å². The highest BCUT2D eigenvalue weighted by molar-refractivity contribution is 5.88. The molecule has 1 aromatic heterocycles. The molecule has 0 saturated carbocycles. The van der Waals surface area contributed by atoms with Crippen LogP contribution in [0.2, 0.25) is 0 Å². The van der Waals surface area contributed by atoms with E-state index in [0.29, 0.717) is 35.1 Å². The summed E-state index contributed by atoms with van der Waals surface area (Å²) in [7, 11) is 1.35. The molecule has 3 atom stereocenters. The van der Waals surface area contributed by atoms with Crippen molar-refractivity contribution in [2.75, 3.05) is 24.3 Å². The predicted octanol–water partition coefficient (Wildman–Crippen LogP) is 2.32. The topological polar surface area (TPSA) is 68.5 Å². The maximum atomic E-state index is 11.6. The van der Waals surface area contributed by atoms with Crippen molar-refractivity contribution in [2.45, 2.75) is 33.2 Å². The van der Waals surface area contributed by atoms with Gasteiger partial charge in [0.15, 0.2) is 11.5 Å². The second-order valence-corrected chi connectivity index (χ2v) is 5.81. The van der Waals surface area contributed by atoms with E-state index in [1.165, 1.54) is 13.5 Å². The van der Waals surface area contributed by atoms with E-state index in [1.54, 1.807) is 12.1 Å². The summed E-state index contributed by atoms with van der Waals surface area (Å²) in [4.78, 5) is 18.2. The Bertz CT molecular complexity index is 504. The third kappa shape index (κ3) is 2.71. The van der Waals surface area contributed by atoms with Gasteiger partial charge in [-0.1, -0.05) is 13.8 Å². The molecule has 2 rings (SSSR count). The Hall–Kier alpha value is -1.78. The summed E-state index contributed by atoms with van der Waals surface area (Å²) in [6.45, 7) is 7.57. The molecule has 110 valence electrons. The third-order valence-corrected chi connectivity index (χ3v) is 4.17. The summed E-state index contributed by atoms with van der Waals surface area (Å²) in [5.74, 6) is 1.42. The van der Waals surface area contributed by atoms with Crippen LogP contribution in [-0.4, -0.2) is 30.6 Å².